The van der Waals surface area contributed by atoms with Gasteiger partial charge >= 0.3 is 6.18 Å². The largest absolute Gasteiger partial charge is 0.484 e. The number of alkyl halides is 3. The van der Waals surface area contributed by atoms with Crippen molar-refractivity contribution in [2.45, 2.75) is 12.6 Å². The highest BCUT2D eigenvalue weighted by Crippen LogP contribution is 2.37. The molecule has 0 spiro atoms. The summed E-state index contributed by atoms with van der Waals surface area (Å²) in [5.74, 6) is 1.62. The number of anilines is 1. The van der Waals surface area contributed by atoms with E-state index in [2.05, 4.69) is 25.3 Å². The van der Waals surface area contributed by atoms with Crippen LogP contribution in [0.15, 0.2) is 55.1 Å². The van der Waals surface area contributed by atoms with Crippen LogP contribution < -0.4 is 14.8 Å². The fourth-order valence-corrected chi connectivity index (χ4v) is 3.70. The molecule has 4 aromatic rings. The number of hydrogen-bond acceptors (Lipinski definition) is 7. The van der Waals surface area contributed by atoms with Gasteiger partial charge in [0.25, 0.3) is 5.88 Å². The zero-order chi connectivity index (χ0) is 22.8. The molecule has 0 saturated heterocycles. The summed E-state index contributed by atoms with van der Waals surface area (Å²) in [4.78, 5) is 16.4. The lowest BCUT2D eigenvalue weighted by Gasteiger charge is -2.19. The lowest BCUT2D eigenvalue weighted by atomic mass is 10.0. The topological polar surface area (TPSA) is 82.1 Å². The van der Waals surface area contributed by atoms with Crippen LogP contribution in [0.5, 0.6) is 11.6 Å². The van der Waals surface area contributed by atoms with Crippen LogP contribution in [0.25, 0.3) is 22.2 Å². The third-order valence-electron chi connectivity index (χ3n) is 5.20. The van der Waals surface area contributed by atoms with E-state index in [1.54, 1.807) is 30.5 Å². The number of ether oxygens (including phenoxy) is 2. The lowest BCUT2D eigenvalue weighted by molar-refractivity contribution is -0.136. The number of halogens is 3. The van der Waals surface area contributed by atoms with Crippen molar-refractivity contribution in [3.63, 3.8) is 0 Å². The quantitative estimate of drug-likeness (QED) is 0.475. The van der Waals surface area contributed by atoms with Gasteiger partial charge in [0.05, 0.1) is 16.8 Å². The summed E-state index contributed by atoms with van der Waals surface area (Å²) in [5.41, 5.74) is 0.767. The number of benzene rings is 1. The van der Waals surface area contributed by atoms with Crippen LogP contribution >= 0.6 is 0 Å². The number of rotatable bonds is 5. The predicted octanol–water partition coefficient (Wildman–Crippen LogP) is 4.53. The fraction of sp³-hybridized carbons (Fsp3) is 0.217. The minimum atomic E-state index is -4.54. The first-order valence-electron chi connectivity index (χ1n) is 10.2. The number of nitrogens with zero attached hydrogens (tertiary/aromatic N) is 4. The summed E-state index contributed by atoms with van der Waals surface area (Å²) < 4.78 is 52.1. The Kier molecular flexibility index (Phi) is 5.41. The minimum absolute atomic E-state index is 0.0898. The van der Waals surface area contributed by atoms with Crippen LogP contribution in [0.4, 0.5) is 19.0 Å². The number of nitrogens with one attached hydrogen (secondary N) is 1. The molecule has 0 unspecified atom stereocenters. The van der Waals surface area contributed by atoms with Crippen molar-refractivity contribution in [1.29, 1.82) is 0 Å². The van der Waals surface area contributed by atoms with Crippen molar-refractivity contribution in [2.24, 2.45) is 0 Å². The van der Waals surface area contributed by atoms with Gasteiger partial charge in [0.1, 0.15) is 25.4 Å². The second kappa shape index (κ2) is 8.53. The average molecular weight is 453 g/mol. The van der Waals surface area contributed by atoms with Crippen molar-refractivity contribution in [3.05, 3.63) is 66.2 Å². The molecule has 168 valence electrons. The second-order valence-corrected chi connectivity index (χ2v) is 7.36. The first-order valence-corrected chi connectivity index (χ1v) is 10.2. The highest BCUT2D eigenvalue weighted by Gasteiger charge is 2.34. The van der Waals surface area contributed by atoms with E-state index >= 15 is 0 Å². The van der Waals surface area contributed by atoms with Gasteiger partial charge in [-0.3, -0.25) is 4.98 Å². The van der Waals surface area contributed by atoms with Gasteiger partial charge in [-0.2, -0.15) is 13.2 Å². The van der Waals surface area contributed by atoms with E-state index in [4.69, 9.17) is 9.47 Å². The molecule has 0 aliphatic carbocycles. The van der Waals surface area contributed by atoms with Gasteiger partial charge < -0.3 is 14.8 Å². The molecule has 1 aliphatic rings. The zero-order valence-electron chi connectivity index (χ0n) is 17.3. The maximum Gasteiger partial charge on any atom is 0.418 e. The molecule has 0 bridgehead atoms. The molecule has 0 fully saturated rings. The van der Waals surface area contributed by atoms with E-state index in [-0.39, 0.29) is 5.52 Å². The molecule has 4 heterocycles. The van der Waals surface area contributed by atoms with E-state index in [0.29, 0.717) is 60.3 Å². The maximum atomic E-state index is 13.6. The van der Waals surface area contributed by atoms with Crippen LogP contribution in [0.2, 0.25) is 0 Å². The van der Waals surface area contributed by atoms with Gasteiger partial charge in [-0.1, -0.05) is 6.07 Å². The van der Waals surface area contributed by atoms with Crippen molar-refractivity contribution in [3.8, 4) is 22.9 Å². The lowest BCUT2D eigenvalue weighted by Crippen LogP contribution is -2.18. The zero-order valence-corrected chi connectivity index (χ0v) is 17.3. The van der Waals surface area contributed by atoms with Crippen LogP contribution in [-0.2, 0) is 12.6 Å². The fourth-order valence-electron chi connectivity index (χ4n) is 3.70. The van der Waals surface area contributed by atoms with Gasteiger partial charge in [-0.05, 0) is 30.7 Å². The standard InChI is InChI=1S/C23H18F3N5O2/c24-23(25,26)17-11-16(10-15-2-1-5-28-20(15)17)18-12-19(31-13-30-18)27-6-3-14-4-7-29-22-21(14)32-8-9-33-22/h1-2,4-5,7,10-13H,3,6,8-9H2,(H,27,30,31). The molecule has 10 heteroatoms. The molecule has 1 N–H and O–H groups in total. The molecular formula is C23H18F3N5O2. The van der Waals surface area contributed by atoms with Gasteiger partial charge in [-0.15, -0.1) is 0 Å². The Balaban J connectivity index is 1.38. The molecule has 5 rings (SSSR count). The molecule has 0 radical (unpaired) electrons. The Morgan fingerprint density at radius 3 is 2.70 bits per heavy atom. The van der Waals surface area contributed by atoms with Gasteiger partial charge in [-0.25, -0.2) is 15.0 Å². The van der Waals surface area contributed by atoms with E-state index in [1.807, 2.05) is 6.07 Å². The number of aromatic nitrogens is 4. The Morgan fingerprint density at radius 1 is 0.939 bits per heavy atom. The summed E-state index contributed by atoms with van der Waals surface area (Å²) in [6.07, 6.45) is 0.419. The molecule has 7 nitrogen and oxygen atoms in total. The molecule has 0 amide bonds. The van der Waals surface area contributed by atoms with Crippen molar-refractivity contribution >= 4 is 16.7 Å². The average Bonchev–Trinajstić information content (AvgIpc) is 2.83. The van der Waals surface area contributed by atoms with Crippen molar-refractivity contribution in [2.75, 3.05) is 25.1 Å². The molecule has 3 aromatic heterocycles. The smallest absolute Gasteiger partial charge is 0.418 e. The second-order valence-electron chi connectivity index (χ2n) is 7.36. The number of fused-ring (bicyclic) bond motifs is 2. The van der Waals surface area contributed by atoms with Crippen LogP contribution in [0.3, 0.4) is 0 Å². The highest BCUT2D eigenvalue weighted by atomic mass is 19.4. The molecule has 0 atom stereocenters. The van der Waals surface area contributed by atoms with E-state index < -0.39 is 11.7 Å². The first-order chi connectivity index (χ1) is 16.0. The van der Waals surface area contributed by atoms with Gasteiger partial charge in [0.15, 0.2) is 5.75 Å². The van der Waals surface area contributed by atoms with Gasteiger partial charge in [0, 0.05) is 41.5 Å². The highest BCUT2D eigenvalue weighted by molar-refractivity contribution is 5.87. The Labute approximate surface area is 186 Å². The Morgan fingerprint density at radius 2 is 1.82 bits per heavy atom. The van der Waals surface area contributed by atoms with Crippen LogP contribution in [0.1, 0.15) is 11.1 Å². The van der Waals surface area contributed by atoms with Gasteiger partial charge in [0.2, 0.25) is 0 Å². The molecule has 1 aromatic carbocycles. The van der Waals surface area contributed by atoms with Crippen LogP contribution in [-0.4, -0.2) is 39.7 Å². The van der Waals surface area contributed by atoms with Crippen molar-refractivity contribution < 1.29 is 22.6 Å². The summed E-state index contributed by atoms with van der Waals surface area (Å²) in [7, 11) is 0. The predicted molar refractivity (Wildman–Crippen MR) is 115 cm³/mol. The summed E-state index contributed by atoms with van der Waals surface area (Å²) in [5, 5.41) is 3.58. The molecular weight excluding hydrogens is 435 g/mol. The normalized spacial score (nSPS) is 13.2. The van der Waals surface area contributed by atoms with E-state index in [9.17, 15) is 13.2 Å². The first kappa shape index (κ1) is 20.9. The van der Waals surface area contributed by atoms with E-state index in [0.717, 1.165) is 11.6 Å². The monoisotopic (exact) mass is 453 g/mol. The maximum absolute atomic E-state index is 13.6. The third-order valence-corrected chi connectivity index (χ3v) is 5.20. The molecule has 1 aliphatic heterocycles. The number of pyridine rings is 2. The summed E-state index contributed by atoms with van der Waals surface area (Å²) in [6.45, 7) is 1.45. The summed E-state index contributed by atoms with van der Waals surface area (Å²) in [6, 6.07) is 9.41. The minimum Gasteiger partial charge on any atom is -0.484 e. The molecule has 0 saturated carbocycles. The van der Waals surface area contributed by atoms with E-state index in [1.165, 1.54) is 12.5 Å². The Hall–Kier alpha value is -3.95. The van der Waals surface area contributed by atoms with Crippen molar-refractivity contribution in [1.82, 2.24) is 19.9 Å². The molecule has 33 heavy (non-hydrogen) atoms. The summed E-state index contributed by atoms with van der Waals surface area (Å²) >= 11 is 0. The van der Waals surface area contributed by atoms with Crippen LogP contribution in [0, 0.1) is 0 Å². The SMILES string of the molecule is FC(F)(F)c1cc(-c2cc(NCCc3ccnc4c3OCCO4)ncn2)cc2cccnc12. The third kappa shape index (κ3) is 4.36. The Bertz CT molecular complexity index is 1310. The number of hydrogen-bond donors (Lipinski definition) is 1.